The molecule has 0 fully saturated rings. The minimum Gasteiger partial charge on any atom is -0.458 e. The van der Waals surface area contributed by atoms with E-state index >= 15 is 0 Å². The molecule has 0 bridgehead atoms. The van der Waals surface area contributed by atoms with Gasteiger partial charge < -0.3 is 9.47 Å². The maximum Gasteiger partial charge on any atom is 0.262 e. The summed E-state index contributed by atoms with van der Waals surface area (Å²) in [5.74, 6) is -2.63. The second-order valence-corrected chi connectivity index (χ2v) is 13.8. The van der Waals surface area contributed by atoms with Gasteiger partial charge in [0.1, 0.15) is 17.2 Å². The molecular formula is C42H30BNO2Si. The minimum absolute atomic E-state index is 0.344. The van der Waals surface area contributed by atoms with E-state index in [1.807, 2.05) is 0 Å². The molecule has 3 heterocycles. The molecule has 0 unspecified atom stereocenters. The van der Waals surface area contributed by atoms with Crippen LogP contribution in [-0.4, -0.2) is 19.8 Å². The second-order valence-electron chi connectivity index (χ2n) is 10.3. The lowest BCUT2D eigenvalue weighted by Gasteiger charge is -2.35. The first-order valence-electron chi connectivity index (χ1n) is 27.4. The lowest BCUT2D eigenvalue weighted by Crippen LogP contribution is -2.74. The zero-order chi connectivity index (χ0) is 54.9. The Morgan fingerprint density at radius 2 is 1.09 bits per heavy atom. The van der Waals surface area contributed by atoms with Crippen molar-refractivity contribution in [2.24, 2.45) is 0 Å². The molecule has 9 rings (SSSR count). The molecule has 7 aromatic rings. The normalized spacial score (nSPS) is 20.7. The monoisotopic (exact) mass is 646 g/mol. The fourth-order valence-electron chi connectivity index (χ4n) is 5.71. The third-order valence-electron chi connectivity index (χ3n) is 7.66. The Bertz CT molecular complexity index is 3540. The summed E-state index contributed by atoms with van der Waals surface area (Å²) in [5.41, 5.74) is -3.38. The SMILES string of the molecule is [2H]c1c([2H])c([2H])c([Si](c2c([2H])c([2H])c([2H])c([2H])c2[2H])(c2c([2H])c([2H])c([2H])c(C)c2[2H])c2c([2H])c([2H])c([2H])c(-c3nc4c5c(c3[2H])Oc3c([2H])c([2H])c([2H])c([2H])c3B5c3c([2H])c([2H])c([2H])c([2H])c3O4)c2[2H])c([2H])c1[2H]. The summed E-state index contributed by atoms with van der Waals surface area (Å²) in [6.07, 6.45) is 0. The number of nitrogens with zero attached hydrogens (tertiary/aromatic N) is 1. The van der Waals surface area contributed by atoms with E-state index in [2.05, 4.69) is 4.98 Å². The second kappa shape index (κ2) is 11.0. The number of hydrogen-bond acceptors (Lipinski definition) is 3. The highest BCUT2D eigenvalue weighted by Crippen LogP contribution is 2.36. The maximum absolute atomic E-state index is 10.2. The third-order valence-corrected chi connectivity index (χ3v) is 11.7. The van der Waals surface area contributed by atoms with Gasteiger partial charge in [-0.2, -0.15) is 0 Å². The molecule has 222 valence electrons. The molecule has 0 radical (unpaired) electrons. The highest BCUT2D eigenvalue weighted by molar-refractivity contribution is 7.20. The summed E-state index contributed by atoms with van der Waals surface area (Å²) in [6, 6.07) is -27.3. The van der Waals surface area contributed by atoms with Crippen LogP contribution in [0, 0.1) is 6.92 Å². The number of fused-ring (bicyclic) bond motifs is 4. The van der Waals surface area contributed by atoms with E-state index in [0.29, 0.717) is 0 Å². The van der Waals surface area contributed by atoms with Crippen LogP contribution >= 0.6 is 0 Å². The van der Waals surface area contributed by atoms with Crippen LogP contribution in [0.25, 0.3) is 11.3 Å². The van der Waals surface area contributed by atoms with Gasteiger partial charge in [-0.15, -0.1) is 0 Å². The van der Waals surface area contributed by atoms with Gasteiger partial charge in [-0.1, -0.05) is 151 Å². The van der Waals surface area contributed by atoms with E-state index in [-0.39, 0.29) is 16.4 Å². The Hall–Kier alpha value is -5.65. The molecule has 1 aromatic heterocycles. The lowest BCUT2D eigenvalue weighted by molar-refractivity contribution is 0.451. The number of benzene rings is 6. The Kier molecular flexibility index (Phi) is 2.70. The van der Waals surface area contributed by atoms with Crippen LogP contribution in [0.1, 0.15) is 42.6 Å². The number of aromatic nitrogens is 1. The van der Waals surface area contributed by atoms with Crippen LogP contribution in [0.4, 0.5) is 0 Å². The molecule has 0 saturated carbocycles. The van der Waals surface area contributed by atoms with Crippen molar-refractivity contribution in [3.63, 3.8) is 0 Å². The molecular weight excluding hydrogens is 589 g/mol. The molecule has 6 aromatic carbocycles. The van der Waals surface area contributed by atoms with Crippen LogP contribution in [0.15, 0.2) is 163 Å². The number of hydrogen-bond donors (Lipinski definition) is 0. The van der Waals surface area contributed by atoms with Crippen LogP contribution in [0.5, 0.6) is 23.1 Å². The number of ether oxygens (including phenoxy) is 2. The molecule has 2 aliphatic heterocycles. The van der Waals surface area contributed by atoms with Gasteiger partial charge in [-0.05, 0) is 50.7 Å². The van der Waals surface area contributed by atoms with Gasteiger partial charge in [0.15, 0.2) is 8.07 Å². The summed E-state index contributed by atoms with van der Waals surface area (Å²) in [6.45, 7) is -0.516. The molecule has 2 aliphatic rings. The summed E-state index contributed by atoms with van der Waals surface area (Å²) in [5, 5.41) is -4.12. The fourth-order valence-corrected chi connectivity index (χ4v) is 9.40. The first-order chi connectivity index (χ1) is 34.4. The molecule has 0 amide bonds. The zero-order valence-electron chi connectivity index (χ0n) is 50.8. The predicted octanol–water partition coefficient (Wildman–Crippen LogP) is 5.16. The Labute approximate surface area is 314 Å². The predicted molar refractivity (Wildman–Crippen MR) is 196 cm³/mol. The molecule has 0 N–H and O–H groups in total. The molecule has 0 aliphatic carbocycles. The molecule has 0 spiro atoms. The largest absolute Gasteiger partial charge is 0.458 e. The Morgan fingerprint density at radius 1 is 0.532 bits per heavy atom. The van der Waals surface area contributed by atoms with Crippen molar-refractivity contribution in [3.05, 3.63) is 169 Å². The van der Waals surface area contributed by atoms with Crippen molar-refractivity contribution >= 4 is 51.9 Å². The minimum atomic E-state index is -6.22. The van der Waals surface area contributed by atoms with Crippen molar-refractivity contribution < 1.29 is 46.5 Å². The third kappa shape index (κ3) is 4.38. The highest BCUT2D eigenvalue weighted by atomic mass is 28.3. The van der Waals surface area contributed by atoms with E-state index in [1.165, 1.54) is 0 Å². The van der Waals surface area contributed by atoms with Gasteiger partial charge in [0.25, 0.3) is 6.71 Å². The van der Waals surface area contributed by atoms with Crippen molar-refractivity contribution in [3.8, 4) is 34.4 Å². The molecule has 47 heavy (non-hydrogen) atoms. The van der Waals surface area contributed by atoms with E-state index in [4.69, 9.17) is 31.4 Å². The van der Waals surface area contributed by atoms with Gasteiger partial charge in [0, 0.05) is 17.1 Å². The first kappa shape index (κ1) is 11.6. The van der Waals surface area contributed by atoms with E-state index in [1.54, 1.807) is 0 Å². The topological polar surface area (TPSA) is 31.4 Å². The van der Waals surface area contributed by atoms with E-state index in [0.717, 1.165) is 6.92 Å². The van der Waals surface area contributed by atoms with Gasteiger partial charge in [0.05, 0.1) is 42.7 Å². The molecule has 5 heteroatoms. The molecule has 3 nitrogen and oxygen atoms in total. The van der Waals surface area contributed by atoms with E-state index < -0.39 is 239 Å². The summed E-state index contributed by atoms with van der Waals surface area (Å²) < 4.78 is 257. The van der Waals surface area contributed by atoms with Crippen LogP contribution in [0.2, 0.25) is 0 Å². The molecule has 0 saturated heterocycles. The fraction of sp³-hybridized carbons (Fsp3) is 0.0238. The average Bonchev–Trinajstić information content (AvgIpc) is 3.37. The Balaban J connectivity index is 1.55. The average molecular weight is 647 g/mol. The van der Waals surface area contributed by atoms with Crippen molar-refractivity contribution in [2.45, 2.75) is 6.92 Å². The smallest absolute Gasteiger partial charge is 0.262 e. The van der Waals surface area contributed by atoms with Crippen molar-refractivity contribution in [1.29, 1.82) is 0 Å². The van der Waals surface area contributed by atoms with Crippen molar-refractivity contribution in [2.75, 3.05) is 0 Å². The summed E-state index contributed by atoms with van der Waals surface area (Å²) in [7, 11) is -6.22. The maximum atomic E-state index is 10.2. The number of para-hydroxylation sites is 2. The summed E-state index contributed by atoms with van der Waals surface area (Å²) in [4.78, 5) is 4.47. The quantitative estimate of drug-likeness (QED) is 0.191. The number of rotatable bonds is 5. The van der Waals surface area contributed by atoms with Gasteiger partial charge in [0.2, 0.25) is 5.88 Å². The van der Waals surface area contributed by atoms with Crippen molar-refractivity contribution in [1.82, 2.24) is 4.98 Å². The standard InChI is InChI=1S/C42H30BNO2Si/c1-29-14-12-20-33(26-29)47(31-16-4-2-5-17-31,32-18-6-3-7-19-32)34-21-13-15-30(27-34)37-28-40-41-42(44-37)46-39-25-11-9-23-36(39)43(41)35-22-8-10-24-38(35)45-40/h2-28H,1H3/i2D,3D,4D,5D,6D,7D,8D,9D,10D,11D,12D,13D,14D,15D,16D,17D,18D,19D,20D,21D,22D,23D,24D,25D,26D,27D,28D. The van der Waals surface area contributed by atoms with Crippen LogP contribution in [-0.2, 0) is 0 Å². The number of pyridine rings is 1. The lowest BCUT2D eigenvalue weighted by atomic mass is 9.35. The Morgan fingerprint density at radius 3 is 1.77 bits per heavy atom. The highest BCUT2D eigenvalue weighted by Gasteiger charge is 2.43. The van der Waals surface area contributed by atoms with Crippen LogP contribution < -0.4 is 46.6 Å². The van der Waals surface area contributed by atoms with Gasteiger partial charge >= 0.3 is 0 Å². The van der Waals surface area contributed by atoms with E-state index in [9.17, 15) is 15.1 Å². The first-order valence-corrected chi connectivity index (χ1v) is 15.9. The molecule has 0 atom stereocenters. The van der Waals surface area contributed by atoms with Gasteiger partial charge in [-0.3, -0.25) is 0 Å². The summed E-state index contributed by atoms with van der Waals surface area (Å²) >= 11 is 0. The van der Waals surface area contributed by atoms with Gasteiger partial charge in [-0.25, -0.2) is 4.98 Å². The van der Waals surface area contributed by atoms with Crippen LogP contribution in [0.3, 0.4) is 0 Å². The zero-order valence-corrected chi connectivity index (χ0v) is 24.8.